The summed E-state index contributed by atoms with van der Waals surface area (Å²) in [5.41, 5.74) is 0.440. The van der Waals surface area contributed by atoms with E-state index in [4.69, 9.17) is 9.84 Å². The summed E-state index contributed by atoms with van der Waals surface area (Å²) in [5, 5.41) is 11.5. The van der Waals surface area contributed by atoms with Gasteiger partial charge in [0.25, 0.3) is 5.91 Å². The summed E-state index contributed by atoms with van der Waals surface area (Å²) in [4.78, 5) is 29.0. The van der Waals surface area contributed by atoms with E-state index in [9.17, 15) is 9.59 Å². The summed E-state index contributed by atoms with van der Waals surface area (Å²) in [6, 6.07) is 0. The summed E-state index contributed by atoms with van der Waals surface area (Å²) in [6.07, 6.45) is -0.522. The monoisotopic (exact) mass is 298 g/mol. The molecular formula is C13H18N2O4S. The van der Waals surface area contributed by atoms with Crippen LogP contribution in [-0.4, -0.2) is 52.7 Å². The van der Waals surface area contributed by atoms with E-state index < -0.39 is 12.1 Å². The number of carboxylic acids is 1. The fraction of sp³-hybridized carbons (Fsp3) is 0.615. The van der Waals surface area contributed by atoms with Crippen molar-refractivity contribution in [3.05, 3.63) is 16.1 Å². The second-order valence-electron chi connectivity index (χ2n) is 5.07. The molecule has 1 amide bonds. The predicted octanol–water partition coefficient (Wildman–Crippen LogP) is 1.58. The van der Waals surface area contributed by atoms with Gasteiger partial charge >= 0.3 is 5.97 Å². The maximum Gasteiger partial charge on any atom is 0.306 e. The van der Waals surface area contributed by atoms with Crippen molar-refractivity contribution in [1.82, 2.24) is 9.88 Å². The van der Waals surface area contributed by atoms with E-state index in [-0.39, 0.29) is 12.3 Å². The zero-order chi connectivity index (χ0) is 14.7. The minimum Gasteiger partial charge on any atom is -0.481 e. The van der Waals surface area contributed by atoms with Gasteiger partial charge in [-0.2, -0.15) is 0 Å². The molecule has 1 aromatic rings. The Hall–Kier alpha value is -1.47. The second-order valence-corrected chi connectivity index (χ2v) is 5.96. The maximum absolute atomic E-state index is 12.3. The lowest BCUT2D eigenvalue weighted by Gasteiger charge is -2.31. The van der Waals surface area contributed by atoms with Crippen LogP contribution in [0.2, 0.25) is 0 Å². The van der Waals surface area contributed by atoms with Gasteiger partial charge in [-0.15, -0.1) is 11.3 Å². The Balaban J connectivity index is 2.02. The van der Waals surface area contributed by atoms with Gasteiger partial charge in [0.1, 0.15) is 5.69 Å². The van der Waals surface area contributed by atoms with Crippen molar-refractivity contribution in [3.63, 3.8) is 0 Å². The predicted molar refractivity (Wildman–Crippen MR) is 74.1 cm³/mol. The second kappa shape index (κ2) is 6.32. The standard InChI is InChI=1S/C13H18N2O4S/c1-8(2)12-14-10(7-20-12)13(18)15-3-4-19-9(6-15)5-11(16)17/h7-9H,3-6H2,1-2H3,(H,16,17). The highest BCUT2D eigenvalue weighted by atomic mass is 32.1. The highest BCUT2D eigenvalue weighted by Gasteiger charge is 2.27. The van der Waals surface area contributed by atoms with Gasteiger partial charge in [0.2, 0.25) is 0 Å². The van der Waals surface area contributed by atoms with Crippen molar-refractivity contribution in [2.45, 2.75) is 32.3 Å². The highest BCUT2D eigenvalue weighted by Crippen LogP contribution is 2.21. The van der Waals surface area contributed by atoms with Crippen LogP contribution in [0, 0.1) is 0 Å². The van der Waals surface area contributed by atoms with E-state index in [2.05, 4.69) is 4.98 Å². The van der Waals surface area contributed by atoms with Crippen LogP contribution in [0.3, 0.4) is 0 Å². The van der Waals surface area contributed by atoms with Crippen LogP contribution < -0.4 is 0 Å². The third-order valence-corrected chi connectivity index (χ3v) is 4.21. The molecule has 1 N–H and O–H groups in total. The van der Waals surface area contributed by atoms with Crippen LogP contribution in [-0.2, 0) is 9.53 Å². The van der Waals surface area contributed by atoms with E-state index in [0.29, 0.717) is 31.3 Å². The van der Waals surface area contributed by atoms with Crippen LogP contribution in [0.1, 0.15) is 41.7 Å². The van der Waals surface area contributed by atoms with Gasteiger partial charge < -0.3 is 14.7 Å². The average molecular weight is 298 g/mol. The molecule has 0 aliphatic carbocycles. The molecule has 0 spiro atoms. The highest BCUT2D eigenvalue weighted by molar-refractivity contribution is 7.09. The van der Waals surface area contributed by atoms with Crippen molar-refractivity contribution in [3.8, 4) is 0 Å². The average Bonchev–Trinajstić information content (AvgIpc) is 2.87. The molecule has 0 radical (unpaired) electrons. The van der Waals surface area contributed by atoms with E-state index in [1.807, 2.05) is 13.8 Å². The van der Waals surface area contributed by atoms with E-state index in [1.165, 1.54) is 11.3 Å². The summed E-state index contributed by atoms with van der Waals surface area (Å²) >= 11 is 1.48. The quantitative estimate of drug-likeness (QED) is 0.913. The molecule has 20 heavy (non-hydrogen) atoms. The van der Waals surface area contributed by atoms with Crippen LogP contribution in [0.5, 0.6) is 0 Å². The van der Waals surface area contributed by atoms with E-state index >= 15 is 0 Å². The Bertz CT molecular complexity index is 500. The normalized spacial score (nSPS) is 19.4. The van der Waals surface area contributed by atoms with Crippen molar-refractivity contribution < 1.29 is 19.4 Å². The first-order chi connectivity index (χ1) is 9.47. The number of carbonyl (C=O) groups is 2. The van der Waals surface area contributed by atoms with Gasteiger partial charge in [0, 0.05) is 24.4 Å². The third-order valence-electron chi connectivity index (χ3n) is 3.06. The number of thiazole rings is 1. The first kappa shape index (κ1) is 14.9. The van der Waals surface area contributed by atoms with Crippen molar-refractivity contribution >= 4 is 23.2 Å². The molecule has 2 rings (SSSR count). The molecule has 1 saturated heterocycles. The molecule has 1 aliphatic heterocycles. The number of amides is 1. The number of hydrogen-bond acceptors (Lipinski definition) is 5. The molecular weight excluding hydrogens is 280 g/mol. The Morgan fingerprint density at radius 1 is 1.60 bits per heavy atom. The first-order valence-electron chi connectivity index (χ1n) is 6.55. The van der Waals surface area contributed by atoms with Gasteiger partial charge in [0.15, 0.2) is 0 Å². The number of aliphatic carboxylic acids is 1. The van der Waals surface area contributed by atoms with Crippen LogP contribution >= 0.6 is 11.3 Å². The van der Waals surface area contributed by atoms with Crippen molar-refractivity contribution in [2.24, 2.45) is 0 Å². The maximum atomic E-state index is 12.3. The SMILES string of the molecule is CC(C)c1nc(C(=O)N2CCOC(CC(=O)O)C2)cs1. The minimum atomic E-state index is -0.917. The fourth-order valence-electron chi connectivity index (χ4n) is 2.04. The molecule has 1 aromatic heterocycles. The Labute approximate surface area is 121 Å². The molecule has 1 unspecified atom stereocenters. The molecule has 1 aliphatic rings. The van der Waals surface area contributed by atoms with E-state index in [1.54, 1.807) is 10.3 Å². The number of carboxylic acid groups (broad SMARTS) is 1. The number of nitrogens with zero attached hydrogens (tertiary/aromatic N) is 2. The van der Waals surface area contributed by atoms with Crippen LogP contribution in [0.25, 0.3) is 0 Å². The summed E-state index contributed by atoms with van der Waals surface area (Å²) in [6.45, 7) is 5.21. The number of morpholine rings is 1. The molecule has 6 nitrogen and oxygen atoms in total. The molecule has 7 heteroatoms. The van der Waals surface area contributed by atoms with Crippen LogP contribution in [0.15, 0.2) is 5.38 Å². The molecule has 2 heterocycles. The number of rotatable bonds is 4. The third kappa shape index (κ3) is 3.55. The number of ether oxygens (including phenoxy) is 1. The Morgan fingerprint density at radius 3 is 2.95 bits per heavy atom. The molecule has 0 bridgehead atoms. The van der Waals surface area contributed by atoms with Gasteiger partial charge in [-0.1, -0.05) is 13.8 Å². The van der Waals surface area contributed by atoms with Crippen molar-refractivity contribution in [2.75, 3.05) is 19.7 Å². The van der Waals surface area contributed by atoms with Gasteiger partial charge in [0.05, 0.1) is 24.1 Å². The van der Waals surface area contributed by atoms with Gasteiger partial charge in [-0.3, -0.25) is 9.59 Å². The molecule has 1 atom stereocenters. The summed E-state index contributed by atoms with van der Waals surface area (Å²) < 4.78 is 5.36. The molecule has 0 aromatic carbocycles. The van der Waals surface area contributed by atoms with Crippen LogP contribution in [0.4, 0.5) is 0 Å². The number of aromatic nitrogens is 1. The van der Waals surface area contributed by atoms with Gasteiger partial charge in [-0.05, 0) is 0 Å². The lowest BCUT2D eigenvalue weighted by Crippen LogP contribution is -2.46. The lowest BCUT2D eigenvalue weighted by atomic mass is 10.2. The molecule has 0 saturated carbocycles. The topological polar surface area (TPSA) is 79.7 Å². The fourth-order valence-corrected chi connectivity index (χ4v) is 2.84. The minimum absolute atomic E-state index is 0.0852. The van der Waals surface area contributed by atoms with E-state index in [0.717, 1.165) is 5.01 Å². The summed E-state index contributed by atoms with van der Waals surface area (Å²) in [5.74, 6) is -0.766. The Morgan fingerprint density at radius 2 is 2.35 bits per heavy atom. The number of hydrogen-bond donors (Lipinski definition) is 1. The number of carbonyl (C=O) groups excluding carboxylic acids is 1. The summed E-state index contributed by atoms with van der Waals surface area (Å²) in [7, 11) is 0. The van der Waals surface area contributed by atoms with Gasteiger partial charge in [-0.25, -0.2) is 4.98 Å². The first-order valence-corrected chi connectivity index (χ1v) is 7.43. The molecule has 1 fully saturated rings. The smallest absolute Gasteiger partial charge is 0.306 e. The Kier molecular flexibility index (Phi) is 4.72. The van der Waals surface area contributed by atoms with Crippen molar-refractivity contribution in [1.29, 1.82) is 0 Å². The zero-order valence-corrected chi connectivity index (χ0v) is 12.4. The largest absolute Gasteiger partial charge is 0.481 e. The lowest BCUT2D eigenvalue weighted by molar-refractivity contribution is -0.141. The zero-order valence-electron chi connectivity index (χ0n) is 11.5. The molecule has 110 valence electrons.